The summed E-state index contributed by atoms with van der Waals surface area (Å²) in [6, 6.07) is 0. The Morgan fingerprint density at radius 2 is 1.94 bits per heavy atom. The SMILES string of the molecule is CC1=CC(=O)c2c(c(CS)c(C)n2C)C1=O. The molecule has 0 N–H and O–H groups in total. The summed E-state index contributed by atoms with van der Waals surface area (Å²) in [4.78, 5) is 23.9. The minimum Gasteiger partial charge on any atom is -0.344 e. The van der Waals surface area contributed by atoms with E-state index in [-0.39, 0.29) is 11.6 Å². The number of hydrogen-bond donors (Lipinski definition) is 1. The van der Waals surface area contributed by atoms with E-state index in [1.165, 1.54) is 6.08 Å². The lowest BCUT2D eigenvalue weighted by atomic mass is 9.93. The minimum absolute atomic E-state index is 0.0534. The highest BCUT2D eigenvalue weighted by Gasteiger charge is 2.30. The maximum atomic E-state index is 12.0. The topological polar surface area (TPSA) is 39.1 Å². The highest BCUT2D eigenvalue weighted by atomic mass is 32.1. The Morgan fingerprint density at radius 1 is 1.31 bits per heavy atom. The van der Waals surface area contributed by atoms with Gasteiger partial charge >= 0.3 is 0 Å². The molecule has 4 heteroatoms. The summed E-state index contributed by atoms with van der Waals surface area (Å²) < 4.78 is 1.78. The molecular formula is C12H13NO2S. The molecule has 0 amide bonds. The van der Waals surface area contributed by atoms with Crippen LogP contribution in [-0.4, -0.2) is 16.1 Å². The van der Waals surface area contributed by atoms with Crippen LogP contribution < -0.4 is 0 Å². The standard InChI is InChI=1S/C12H13NO2S/c1-6-4-9(14)11-10(12(6)15)8(5-16)7(2)13(11)3/h4,16H,5H2,1-3H3. The Morgan fingerprint density at radius 3 is 2.50 bits per heavy atom. The van der Waals surface area contributed by atoms with Crippen molar-refractivity contribution in [2.75, 3.05) is 0 Å². The molecule has 0 atom stereocenters. The van der Waals surface area contributed by atoms with Crippen LogP contribution in [0.1, 0.15) is 39.0 Å². The van der Waals surface area contributed by atoms with Crippen molar-refractivity contribution in [1.82, 2.24) is 4.57 Å². The number of aromatic nitrogens is 1. The zero-order valence-electron chi connectivity index (χ0n) is 9.50. The van der Waals surface area contributed by atoms with Gasteiger partial charge in [0.25, 0.3) is 0 Å². The van der Waals surface area contributed by atoms with Gasteiger partial charge in [0.2, 0.25) is 5.78 Å². The van der Waals surface area contributed by atoms with E-state index in [9.17, 15) is 9.59 Å². The van der Waals surface area contributed by atoms with Crippen LogP contribution in [-0.2, 0) is 12.8 Å². The molecular weight excluding hydrogens is 222 g/mol. The van der Waals surface area contributed by atoms with Crippen molar-refractivity contribution in [3.05, 3.63) is 34.2 Å². The molecule has 0 aliphatic heterocycles. The Hall–Kier alpha value is -1.29. The first kappa shape index (κ1) is 11.2. The number of carbonyl (C=O) groups is 2. The van der Waals surface area contributed by atoms with Crippen molar-refractivity contribution in [2.24, 2.45) is 7.05 Å². The second-order valence-corrected chi connectivity index (χ2v) is 4.34. The molecule has 0 fully saturated rings. The third-order valence-electron chi connectivity index (χ3n) is 3.14. The number of allylic oxidation sites excluding steroid dienone is 2. The monoisotopic (exact) mass is 235 g/mol. The van der Waals surface area contributed by atoms with Gasteiger partial charge in [0.1, 0.15) is 5.69 Å². The molecule has 1 aromatic rings. The zero-order valence-corrected chi connectivity index (χ0v) is 10.4. The normalized spacial score (nSPS) is 15.1. The highest BCUT2D eigenvalue weighted by molar-refractivity contribution is 7.79. The smallest absolute Gasteiger partial charge is 0.203 e. The summed E-state index contributed by atoms with van der Waals surface area (Å²) >= 11 is 4.23. The van der Waals surface area contributed by atoms with E-state index in [1.54, 1.807) is 18.5 Å². The van der Waals surface area contributed by atoms with Gasteiger partial charge in [-0.05, 0) is 25.5 Å². The van der Waals surface area contributed by atoms with E-state index >= 15 is 0 Å². The first-order valence-electron chi connectivity index (χ1n) is 5.05. The van der Waals surface area contributed by atoms with Crippen LogP contribution in [0.3, 0.4) is 0 Å². The Labute approximate surface area is 99.6 Å². The van der Waals surface area contributed by atoms with E-state index < -0.39 is 0 Å². The second kappa shape index (κ2) is 3.63. The lowest BCUT2D eigenvalue weighted by Gasteiger charge is -2.10. The van der Waals surface area contributed by atoms with E-state index in [2.05, 4.69) is 12.6 Å². The predicted octanol–water partition coefficient (Wildman–Crippen LogP) is 2.09. The molecule has 0 radical (unpaired) electrons. The van der Waals surface area contributed by atoms with Crippen molar-refractivity contribution < 1.29 is 9.59 Å². The van der Waals surface area contributed by atoms with Gasteiger partial charge in [0, 0.05) is 24.1 Å². The third-order valence-corrected chi connectivity index (χ3v) is 3.45. The number of hydrogen-bond acceptors (Lipinski definition) is 3. The number of thiol groups is 1. The van der Waals surface area contributed by atoms with Gasteiger partial charge in [0.15, 0.2) is 5.78 Å². The van der Waals surface area contributed by atoms with Gasteiger partial charge in [-0.1, -0.05) is 0 Å². The van der Waals surface area contributed by atoms with E-state index in [0.717, 1.165) is 11.3 Å². The third kappa shape index (κ3) is 1.29. The van der Waals surface area contributed by atoms with Crippen LogP contribution in [0.25, 0.3) is 0 Å². The molecule has 0 spiro atoms. The van der Waals surface area contributed by atoms with Crippen molar-refractivity contribution in [3.8, 4) is 0 Å². The van der Waals surface area contributed by atoms with Crippen LogP contribution in [0.15, 0.2) is 11.6 Å². The number of Topliss-reactive ketones (excluding diaryl/α,β-unsaturated/α-hetero) is 1. The molecule has 0 saturated heterocycles. The molecule has 1 aromatic heterocycles. The lowest BCUT2D eigenvalue weighted by Crippen LogP contribution is -2.17. The largest absolute Gasteiger partial charge is 0.344 e. The van der Waals surface area contributed by atoms with Crippen molar-refractivity contribution in [1.29, 1.82) is 0 Å². The summed E-state index contributed by atoms with van der Waals surface area (Å²) in [5, 5.41) is 0. The van der Waals surface area contributed by atoms with Crippen LogP contribution >= 0.6 is 12.6 Å². The fraction of sp³-hybridized carbons (Fsp3) is 0.333. The molecule has 0 bridgehead atoms. The maximum absolute atomic E-state index is 12.0. The van der Waals surface area contributed by atoms with Gasteiger partial charge in [-0.15, -0.1) is 0 Å². The number of nitrogens with zero attached hydrogens (tertiary/aromatic N) is 1. The van der Waals surface area contributed by atoms with Gasteiger partial charge in [0.05, 0.1) is 5.56 Å². The van der Waals surface area contributed by atoms with E-state index in [0.29, 0.717) is 22.6 Å². The molecule has 1 heterocycles. The molecule has 3 nitrogen and oxygen atoms in total. The molecule has 84 valence electrons. The minimum atomic E-state index is -0.0919. The lowest BCUT2D eigenvalue weighted by molar-refractivity contribution is 0.0979. The number of carbonyl (C=O) groups excluding carboxylic acids is 2. The molecule has 0 saturated carbocycles. The molecule has 0 unspecified atom stereocenters. The highest BCUT2D eigenvalue weighted by Crippen LogP contribution is 2.29. The average molecular weight is 235 g/mol. The summed E-state index contributed by atoms with van der Waals surface area (Å²) in [6.07, 6.45) is 1.41. The van der Waals surface area contributed by atoms with Crippen molar-refractivity contribution in [2.45, 2.75) is 19.6 Å². The number of fused-ring (bicyclic) bond motifs is 1. The predicted molar refractivity (Wildman–Crippen MR) is 65.3 cm³/mol. The molecule has 16 heavy (non-hydrogen) atoms. The van der Waals surface area contributed by atoms with Gasteiger partial charge in [-0.3, -0.25) is 9.59 Å². The van der Waals surface area contributed by atoms with Crippen LogP contribution in [0.4, 0.5) is 0 Å². The fourth-order valence-electron chi connectivity index (χ4n) is 2.12. The molecule has 1 aliphatic rings. The number of ketones is 2. The van der Waals surface area contributed by atoms with Gasteiger partial charge in [-0.2, -0.15) is 12.6 Å². The van der Waals surface area contributed by atoms with Gasteiger partial charge < -0.3 is 4.57 Å². The van der Waals surface area contributed by atoms with Crippen molar-refractivity contribution in [3.63, 3.8) is 0 Å². The Balaban J connectivity index is 2.82. The van der Waals surface area contributed by atoms with E-state index in [1.807, 2.05) is 6.92 Å². The molecule has 0 aromatic carbocycles. The number of rotatable bonds is 1. The summed E-state index contributed by atoms with van der Waals surface area (Å²) in [6.45, 7) is 3.58. The Kier molecular flexibility index (Phi) is 2.54. The quantitative estimate of drug-likeness (QED) is 0.757. The molecule has 2 rings (SSSR count). The summed E-state index contributed by atoms with van der Waals surface area (Å²) in [7, 11) is 1.81. The Bertz CT molecular complexity index is 538. The molecule has 1 aliphatic carbocycles. The maximum Gasteiger partial charge on any atom is 0.203 e. The first-order chi connectivity index (χ1) is 7.49. The van der Waals surface area contributed by atoms with Gasteiger partial charge in [-0.25, -0.2) is 0 Å². The van der Waals surface area contributed by atoms with Crippen LogP contribution in [0.5, 0.6) is 0 Å². The van der Waals surface area contributed by atoms with Crippen molar-refractivity contribution >= 4 is 24.2 Å². The zero-order chi connectivity index (χ0) is 12.0. The first-order valence-corrected chi connectivity index (χ1v) is 5.68. The van der Waals surface area contributed by atoms with E-state index in [4.69, 9.17) is 0 Å². The summed E-state index contributed by atoms with van der Waals surface area (Å²) in [5.74, 6) is 0.328. The summed E-state index contributed by atoms with van der Waals surface area (Å²) in [5.41, 5.74) is 3.35. The van der Waals surface area contributed by atoms with Crippen LogP contribution in [0.2, 0.25) is 0 Å². The second-order valence-electron chi connectivity index (χ2n) is 4.03. The average Bonchev–Trinajstić information content (AvgIpc) is 2.49. The van der Waals surface area contributed by atoms with Crippen LogP contribution in [0, 0.1) is 6.92 Å². The fourth-order valence-corrected chi connectivity index (χ4v) is 2.50.